The van der Waals surface area contributed by atoms with Crippen molar-refractivity contribution >= 4 is 5.95 Å². The van der Waals surface area contributed by atoms with Gasteiger partial charge in [-0.2, -0.15) is 18.7 Å². The maximum absolute atomic E-state index is 12.9. The van der Waals surface area contributed by atoms with Crippen molar-refractivity contribution in [2.75, 3.05) is 33.3 Å². The summed E-state index contributed by atoms with van der Waals surface area (Å²) in [5.41, 5.74) is 1.91. The average Bonchev–Trinajstić information content (AvgIpc) is 2.84. The Hall–Kier alpha value is -3.82. The minimum absolute atomic E-state index is 0.161. The highest BCUT2D eigenvalue weighted by Gasteiger charge is 2.24. The largest absolute Gasteiger partial charge is 0.497 e. The SMILES string of the molecule is COc1ccc(CN(Cc2ccc(OC)cc2)c2nc(OC)c(OC(F)F)c(OC)n2)cc1. The first-order chi connectivity index (χ1) is 16.0. The summed E-state index contributed by atoms with van der Waals surface area (Å²) >= 11 is 0. The van der Waals surface area contributed by atoms with Crippen LogP contribution >= 0.6 is 0 Å². The first-order valence-electron chi connectivity index (χ1n) is 9.93. The van der Waals surface area contributed by atoms with Crippen molar-refractivity contribution in [3.8, 4) is 29.0 Å². The summed E-state index contributed by atoms with van der Waals surface area (Å²) in [6, 6.07) is 15.1. The predicted octanol–water partition coefficient (Wildman–Crippen LogP) is 4.32. The molecule has 0 bridgehead atoms. The van der Waals surface area contributed by atoms with E-state index in [1.165, 1.54) is 14.2 Å². The van der Waals surface area contributed by atoms with Gasteiger partial charge in [0.15, 0.2) is 0 Å². The van der Waals surface area contributed by atoms with Crippen LogP contribution in [0.2, 0.25) is 0 Å². The van der Waals surface area contributed by atoms with Crippen molar-refractivity contribution in [3.63, 3.8) is 0 Å². The van der Waals surface area contributed by atoms with E-state index in [-0.39, 0.29) is 23.5 Å². The van der Waals surface area contributed by atoms with E-state index in [0.717, 1.165) is 22.6 Å². The molecule has 0 radical (unpaired) electrons. The van der Waals surface area contributed by atoms with Gasteiger partial charge in [0, 0.05) is 13.1 Å². The lowest BCUT2D eigenvalue weighted by atomic mass is 10.1. The zero-order valence-electron chi connectivity index (χ0n) is 18.7. The topological polar surface area (TPSA) is 75.2 Å². The number of nitrogens with zero attached hydrogens (tertiary/aromatic N) is 3. The van der Waals surface area contributed by atoms with Gasteiger partial charge < -0.3 is 28.6 Å². The van der Waals surface area contributed by atoms with E-state index in [2.05, 4.69) is 14.7 Å². The Balaban J connectivity index is 2.00. The summed E-state index contributed by atoms with van der Waals surface area (Å²) in [4.78, 5) is 10.5. The van der Waals surface area contributed by atoms with Crippen LogP contribution in [-0.4, -0.2) is 45.0 Å². The average molecular weight is 461 g/mol. The Labute approximate surface area is 190 Å². The minimum atomic E-state index is -3.09. The lowest BCUT2D eigenvalue weighted by molar-refractivity contribution is -0.0533. The number of methoxy groups -OCH3 is 4. The predicted molar refractivity (Wildman–Crippen MR) is 118 cm³/mol. The molecule has 0 aliphatic rings. The van der Waals surface area contributed by atoms with E-state index in [4.69, 9.17) is 18.9 Å². The zero-order valence-corrected chi connectivity index (χ0v) is 18.7. The van der Waals surface area contributed by atoms with Crippen molar-refractivity contribution in [1.29, 1.82) is 0 Å². The van der Waals surface area contributed by atoms with E-state index in [0.29, 0.717) is 13.1 Å². The van der Waals surface area contributed by atoms with Gasteiger partial charge in [-0.05, 0) is 35.4 Å². The number of halogens is 2. The lowest BCUT2D eigenvalue weighted by Gasteiger charge is -2.24. The second-order valence-electron chi connectivity index (χ2n) is 6.80. The molecule has 0 saturated heterocycles. The number of rotatable bonds is 11. The number of hydrogen-bond donors (Lipinski definition) is 0. The maximum Gasteiger partial charge on any atom is 0.387 e. The zero-order chi connectivity index (χ0) is 23.8. The van der Waals surface area contributed by atoms with Crippen molar-refractivity contribution in [3.05, 3.63) is 59.7 Å². The Bertz CT molecular complexity index is 959. The number of benzene rings is 2. The molecule has 33 heavy (non-hydrogen) atoms. The Morgan fingerprint density at radius 1 is 0.697 bits per heavy atom. The number of aromatic nitrogens is 2. The molecule has 3 aromatic rings. The summed E-state index contributed by atoms with van der Waals surface area (Å²) in [5, 5.41) is 0. The van der Waals surface area contributed by atoms with E-state index in [1.54, 1.807) is 14.2 Å². The molecule has 0 aliphatic carbocycles. The molecule has 0 amide bonds. The monoisotopic (exact) mass is 461 g/mol. The van der Waals surface area contributed by atoms with Gasteiger partial charge in [-0.3, -0.25) is 0 Å². The van der Waals surface area contributed by atoms with Crippen LogP contribution in [-0.2, 0) is 13.1 Å². The third kappa shape index (κ3) is 6.12. The molecule has 10 heteroatoms. The molecule has 176 valence electrons. The number of hydrogen-bond acceptors (Lipinski definition) is 8. The third-order valence-electron chi connectivity index (χ3n) is 4.73. The van der Waals surface area contributed by atoms with Gasteiger partial charge in [0.05, 0.1) is 28.4 Å². The fourth-order valence-corrected chi connectivity index (χ4v) is 3.11. The first kappa shape index (κ1) is 23.8. The van der Waals surface area contributed by atoms with Gasteiger partial charge in [0.25, 0.3) is 11.8 Å². The molecule has 1 aromatic heterocycles. The van der Waals surface area contributed by atoms with Crippen molar-refractivity contribution in [2.45, 2.75) is 19.7 Å². The van der Waals surface area contributed by atoms with E-state index < -0.39 is 6.61 Å². The molecular weight excluding hydrogens is 436 g/mol. The van der Waals surface area contributed by atoms with Gasteiger partial charge >= 0.3 is 6.61 Å². The van der Waals surface area contributed by atoms with Crippen LogP contribution in [0.3, 0.4) is 0 Å². The first-order valence-corrected chi connectivity index (χ1v) is 9.93. The summed E-state index contributed by atoms with van der Waals surface area (Å²) in [7, 11) is 5.81. The number of ether oxygens (including phenoxy) is 5. The van der Waals surface area contributed by atoms with Crippen LogP contribution in [0.1, 0.15) is 11.1 Å². The van der Waals surface area contributed by atoms with Crippen molar-refractivity contribution in [1.82, 2.24) is 9.97 Å². The van der Waals surface area contributed by atoms with Crippen LogP contribution < -0.4 is 28.6 Å². The van der Waals surface area contributed by atoms with Gasteiger partial charge in [-0.15, -0.1) is 0 Å². The van der Waals surface area contributed by atoms with Crippen LogP contribution in [0, 0.1) is 0 Å². The van der Waals surface area contributed by atoms with Crippen molar-refractivity contribution < 1.29 is 32.5 Å². The summed E-state index contributed by atoms with van der Waals surface area (Å²) in [5.74, 6) is 0.991. The van der Waals surface area contributed by atoms with Gasteiger partial charge in [-0.25, -0.2) is 0 Å². The quantitative estimate of drug-likeness (QED) is 0.418. The number of anilines is 1. The van der Waals surface area contributed by atoms with Crippen LogP contribution in [0.5, 0.6) is 29.0 Å². The molecule has 0 fully saturated rings. The molecule has 0 aliphatic heterocycles. The molecule has 0 atom stereocenters. The van der Waals surface area contributed by atoms with Gasteiger partial charge in [-0.1, -0.05) is 24.3 Å². The normalized spacial score (nSPS) is 10.6. The highest BCUT2D eigenvalue weighted by molar-refractivity contribution is 5.49. The van der Waals surface area contributed by atoms with Crippen LogP contribution in [0.4, 0.5) is 14.7 Å². The standard InChI is InChI=1S/C23H25F2N3O5/c1-29-17-9-5-15(6-10-17)13-28(14-16-7-11-18(30-2)12-8-16)23-26-20(31-3)19(33-22(24)25)21(27-23)32-4/h5-12,22H,13-14H2,1-4H3. The van der Waals surface area contributed by atoms with Crippen molar-refractivity contribution in [2.24, 2.45) is 0 Å². The number of alkyl halides is 2. The smallest absolute Gasteiger partial charge is 0.387 e. The minimum Gasteiger partial charge on any atom is -0.497 e. The van der Waals surface area contributed by atoms with Gasteiger partial charge in [0.2, 0.25) is 11.7 Å². The molecule has 0 N–H and O–H groups in total. The van der Waals surface area contributed by atoms with Crippen LogP contribution in [0.25, 0.3) is 0 Å². The highest BCUT2D eigenvalue weighted by Crippen LogP contribution is 2.37. The fourth-order valence-electron chi connectivity index (χ4n) is 3.11. The second kappa shape index (κ2) is 11.2. The molecule has 2 aromatic carbocycles. The summed E-state index contributed by atoms with van der Waals surface area (Å²) < 4.78 is 51.1. The summed E-state index contributed by atoms with van der Waals surface area (Å²) in [6.07, 6.45) is 0. The molecule has 0 saturated carbocycles. The molecule has 3 rings (SSSR count). The Kier molecular flexibility index (Phi) is 8.06. The Morgan fingerprint density at radius 3 is 1.45 bits per heavy atom. The molecule has 0 spiro atoms. The third-order valence-corrected chi connectivity index (χ3v) is 4.73. The molecule has 0 unspecified atom stereocenters. The van der Waals surface area contributed by atoms with Crippen LogP contribution in [0.15, 0.2) is 48.5 Å². The molecule has 8 nitrogen and oxygen atoms in total. The van der Waals surface area contributed by atoms with Gasteiger partial charge in [0.1, 0.15) is 11.5 Å². The molecular formula is C23H25F2N3O5. The fraction of sp³-hybridized carbons (Fsp3) is 0.304. The maximum atomic E-state index is 12.9. The Morgan fingerprint density at radius 2 is 1.12 bits per heavy atom. The second-order valence-corrected chi connectivity index (χ2v) is 6.80. The molecule has 1 heterocycles. The van der Waals surface area contributed by atoms with E-state index in [1.807, 2.05) is 53.4 Å². The van der Waals surface area contributed by atoms with E-state index in [9.17, 15) is 8.78 Å². The highest BCUT2D eigenvalue weighted by atomic mass is 19.3. The lowest BCUT2D eigenvalue weighted by Crippen LogP contribution is -2.25. The van der Waals surface area contributed by atoms with E-state index >= 15 is 0 Å². The summed E-state index contributed by atoms with van der Waals surface area (Å²) in [6.45, 7) is -2.26.